The van der Waals surface area contributed by atoms with E-state index in [2.05, 4.69) is 26.8 Å². The van der Waals surface area contributed by atoms with Crippen LogP contribution in [0.1, 0.15) is 18.5 Å². The van der Waals surface area contributed by atoms with Crippen LogP contribution in [0.3, 0.4) is 0 Å². The molecule has 0 aliphatic rings. The average molecular weight is 289 g/mol. The molecule has 1 aromatic heterocycles. The van der Waals surface area contributed by atoms with E-state index in [0.717, 1.165) is 36.9 Å². The Morgan fingerprint density at radius 3 is 2.76 bits per heavy atom. The zero-order valence-electron chi connectivity index (χ0n) is 13.6. The summed E-state index contributed by atoms with van der Waals surface area (Å²) >= 11 is 0. The van der Waals surface area contributed by atoms with Gasteiger partial charge in [0.2, 0.25) is 0 Å². The topological polar surface area (TPSA) is 43.8 Å². The number of hydrogen-bond acceptors (Lipinski definition) is 3. The van der Waals surface area contributed by atoms with Gasteiger partial charge in [0.05, 0.1) is 12.2 Å². The largest absolute Gasteiger partial charge is 0.363 e. The molecule has 5 heteroatoms. The smallest absolute Gasteiger partial charge is 0.193 e. The molecular formula is C16H27N5. The minimum absolute atomic E-state index is 0.667. The number of hydrogen-bond donors (Lipinski definition) is 1. The van der Waals surface area contributed by atoms with Gasteiger partial charge in [0.1, 0.15) is 5.82 Å². The minimum Gasteiger partial charge on any atom is -0.363 e. The number of aromatic nitrogens is 1. The molecule has 0 bridgehead atoms. The Balaban J connectivity index is 2.55. The lowest BCUT2D eigenvalue weighted by atomic mass is 10.3. The maximum atomic E-state index is 4.59. The predicted molar refractivity (Wildman–Crippen MR) is 90.8 cm³/mol. The number of nitrogens with one attached hydrogen (secondary N) is 1. The van der Waals surface area contributed by atoms with Crippen LogP contribution in [0.25, 0.3) is 0 Å². The minimum atomic E-state index is 0.667. The van der Waals surface area contributed by atoms with Crippen LogP contribution in [-0.4, -0.2) is 50.6 Å². The molecule has 0 amide bonds. The van der Waals surface area contributed by atoms with Gasteiger partial charge in [0, 0.05) is 34.7 Å². The molecule has 0 saturated carbocycles. The molecule has 116 valence electrons. The van der Waals surface area contributed by atoms with Crippen molar-refractivity contribution in [3.8, 4) is 0 Å². The molecule has 0 radical (unpaired) electrons. The van der Waals surface area contributed by atoms with Crippen LogP contribution >= 0.6 is 0 Å². The van der Waals surface area contributed by atoms with Crippen LogP contribution in [-0.2, 0) is 6.54 Å². The van der Waals surface area contributed by atoms with Gasteiger partial charge in [-0.2, -0.15) is 0 Å². The second-order valence-electron chi connectivity index (χ2n) is 5.13. The van der Waals surface area contributed by atoms with E-state index in [1.54, 1.807) is 7.05 Å². The number of guanidine groups is 1. The third-order valence-corrected chi connectivity index (χ3v) is 3.15. The van der Waals surface area contributed by atoms with Crippen molar-refractivity contribution in [3.05, 3.63) is 36.5 Å². The van der Waals surface area contributed by atoms with E-state index in [4.69, 9.17) is 0 Å². The molecule has 21 heavy (non-hydrogen) atoms. The maximum absolute atomic E-state index is 4.59. The molecule has 0 aromatic carbocycles. The number of unbranched alkanes of at least 4 members (excludes halogenated alkanes) is 1. The molecule has 0 aliphatic heterocycles. The second-order valence-corrected chi connectivity index (χ2v) is 5.13. The fourth-order valence-corrected chi connectivity index (χ4v) is 1.95. The molecule has 1 aromatic rings. The molecule has 0 atom stereocenters. The highest BCUT2D eigenvalue weighted by atomic mass is 15.3. The highest BCUT2D eigenvalue weighted by Crippen LogP contribution is 2.07. The van der Waals surface area contributed by atoms with Gasteiger partial charge in [-0.3, -0.25) is 4.99 Å². The number of anilines is 1. The normalized spacial score (nSPS) is 11.1. The zero-order chi connectivity index (χ0) is 15.7. The van der Waals surface area contributed by atoms with Crippen molar-refractivity contribution < 1.29 is 0 Å². The quantitative estimate of drug-likeness (QED) is 0.361. The first-order valence-corrected chi connectivity index (χ1v) is 7.24. The van der Waals surface area contributed by atoms with E-state index < -0.39 is 0 Å². The summed E-state index contributed by atoms with van der Waals surface area (Å²) in [4.78, 5) is 13.0. The number of allylic oxidation sites excluding steroid dienone is 1. The number of nitrogens with zero attached hydrogens (tertiary/aromatic N) is 4. The summed E-state index contributed by atoms with van der Waals surface area (Å²) in [5.74, 6) is 1.85. The monoisotopic (exact) mass is 289 g/mol. The summed E-state index contributed by atoms with van der Waals surface area (Å²) in [5.41, 5.74) is 1.00. The Hall–Kier alpha value is -2.04. The van der Waals surface area contributed by atoms with Crippen LogP contribution in [0.5, 0.6) is 0 Å². The Bertz CT molecular complexity index is 467. The summed E-state index contributed by atoms with van der Waals surface area (Å²) in [6.07, 6.45) is 4.05. The van der Waals surface area contributed by atoms with E-state index in [1.807, 2.05) is 50.3 Å². The van der Waals surface area contributed by atoms with E-state index in [-0.39, 0.29) is 0 Å². The molecule has 0 fully saturated rings. The zero-order valence-corrected chi connectivity index (χ0v) is 13.6. The van der Waals surface area contributed by atoms with Gasteiger partial charge >= 0.3 is 0 Å². The standard InChI is InChI=1S/C16H27N5/c1-6-7-8-12-21(5)16(17-2)18-13-14-10-9-11-15(19-14)20(3)4/h6,9-11H,1,7-8,12-13H2,2-5H3,(H,17,18). The van der Waals surface area contributed by atoms with E-state index in [0.29, 0.717) is 6.54 Å². The highest BCUT2D eigenvalue weighted by Gasteiger charge is 2.06. The third kappa shape index (κ3) is 5.85. The van der Waals surface area contributed by atoms with Crippen molar-refractivity contribution in [2.24, 2.45) is 4.99 Å². The van der Waals surface area contributed by atoms with Gasteiger partial charge in [0.15, 0.2) is 5.96 Å². The summed E-state index contributed by atoms with van der Waals surface area (Å²) < 4.78 is 0. The van der Waals surface area contributed by atoms with Gasteiger partial charge in [-0.25, -0.2) is 4.98 Å². The Labute approximate surface area is 128 Å². The van der Waals surface area contributed by atoms with Gasteiger partial charge in [-0.05, 0) is 25.0 Å². The summed E-state index contributed by atoms with van der Waals surface area (Å²) in [5, 5.41) is 3.35. The van der Waals surface area contributed by atoms with E-state index in [1.165, 1.54) is 0 Å². The molecule has 1 heterocycles. The summed E-state index contributed by atoms with van der Waals surface area (Å²) in [7, 11) is 7.83. The SMILES string of the molecule is C=CCCCN(C)C(=NC)NCc1cccc(N(C)C)n1. The van der Waals surface area contributed by atoms with Gasteiger partial charge in [-0.1, -0.05) is 12.1 Å². The fourth-order valence-electron chi connectivity index (χ4n) is 1.95. The summed E-state index contributed by atoms with van der Waals surface area (Å²) in [6.45, 7) is 5.37. The van der Waals surface area contributed by atoms with E-state index >= 15 is 0 Å². The lowest BCUT2D eigenvalue weighted by Gasteiger charge is -2.22. The fraction of sp³-hybridized carbons (Fsp3) is 0.500. The van der Waals surface area contributed by atoms with Crippen molar-refractivity contribution >= 4 is 11.8 Å². The third-order valence-electron chi connectivity index (χ3n) is 3.15. The van der Waals surface area contributed by atoms with E-state index in [9.17, 15) is 0 Å². The Kier molecular flexibility index (Phi) is 7.29. The van der Waals surface area contributed by atoms with Crippen molar-refractivity contribution in [2.75, 3.05) is 39.6 Å². The van der Waals surface area contributed by atoms with Gasteiger partial charge < -0.3 is 15.1 Å². The van der Waals surface area contributed by atoms with Crippen molar-refractivity contribution in [1.29, 1.82) is 0 Å². The van der Waals surface area contributed by atoms with Crippen LogP contribution in [0, 0.1) is 0 Å². The molecule has 0 saturated heterocycles. The van der Waals surface area contributed by atoms with Gasteiger partial charge in [-0.15, -0.1) is 6.58 Å². The lowest BCUT2D eigenvalue weighted by molar-refractivity contribution is 0.469. The molecule has 1 rings (SSSR count). The second kappa shape index (κ2) is 9.00. The molecule has 0 aliphatic carbocycles. The van der Waals surface area contributed by atoms with Crippen molar-refractivity contribution in [3.63, 3.8) is 0 Å². The predicted octanol–water partition coefficient (Wildman–Crippen LogP) is 2.12. The molecule has 5 nitrogen and oxygen atoms in total. The Morgan fingerprint density at radius 2 is 2.14 bits per heavy atom. The first kappa shape index (κ1) is 17.0. The van der Waals surface area contributed by atoms with Crippen LogP contribution in [0.15, 0.2) is 35.8 Å². The van der Waals surface area contributed by atoms with Gasteiger partial charge in [0.25, 0.3) is 0 Å². The lowest BCUT2D eigenvalue weighted by Crippen LogP contribution is -2.39. The maximum Gasteiger partial charge on any atom is 0.193 e. The number of aliphatic imine (C=N–C) groups is 1. The first-order valence-electron chi connectivity index (χ1n) is 7.24. The van der Waals surface area contributed by atoms with Crippen LogP contribution < -0.4 is 10.2 Å². The Morgan fingerprint density at radius 1 is 1.38 bits per heavy atom. The highest BCUT2D eigenvalue weighted by molar-refractivity contribution is 5.79. The van der Waals surface area contributed by atoms with Crippen molar-refractivity contribution in [2.45, 2.75) is 19.4 Å². The average Bonchev–Trinajstić information content (AvgIpc) is 2.48. The van der Waals surface area contributed by atoms with Crippen LogP contribution in [0.2, 0.25) is 0 Å². The van der Waals surface area contributed by atoms with Crippen molar-refractivity contribution in [1.82, 2.24) is 15.2 Å². The number of rotatable bonds is 7. The first-order chi connectivity index (χ1) is 10.1. The molecule has 0 unspecified atom stereocenters. The summed E-state index contributed by atoms with van der Waals surface area (Å²) in [6, 6.07) is 6.04. The molecule has 1 N–H and O–H groups in total. The van der Waals surface area contributed by atoms with Crippen LogP contribution in [0.4, 0.5) is 5.82 Å². The molecule has 0 spiro atoms. The molecular weight excluding hydrogens is 262 g/mol. The number of pyridine rings is 1.